The van der Waals surface area contributed by atoms with Gasteiger partial charge in [0, 0.05) is 29.7 Å². The Balaban J connectivity index is 1.04. The number of benzene rings is 1. The predicted octanol–water partition coefficient (Wildman–Crippen LogP) is 3.93. The lowest BCUT2D eigenvalue weighted by Gasteiger charge is -2.51. The molecule has 2 amide bonds. The number of carbonyl (C=O) groups is 2. The van der Waals surface area contributed by atoms with Gasteiger partial charge in [-0.1, -0.05) is 25.4 Å². The van der Waals surface area contributed by atoms with Crippen molar-refractivity contribution in [2.45, 2.75) is 69.4 Å². The quantitative estimate of drug-likeness (QED) is 0.579. The van der Waals surface area contributed by atoms with Gasteiger partial charge in [0.05, 0.1) is 17.2 Å². The zero-order valence-electron chi connectivity index (χ0n) is 22.0. The summed E-state index contributed by atoms with van der Waals surface area (Å²) in [6.45, 7) is 6.95. The van der Waals surface area contributed by atoms with Crippen molar-refractivity contribution in [2.75, 3.05) is 36.5 Å². The Hall–Kier alpha value is -2.68. The van der Waals surface area contributed by atoms with Crippen molar-refractivity contribution in [2.24, 2.45) is 5.92 Å². The summed E-state index contributed by atoms with van der Waals surface area (Å²) in [4.78, 5) is 34.4. The van der Waals surface area contributed by atoms with Crippen LogP contribution in [-0.4, -0.2) is 64.7 Å². The van der Waals surface area contributed by atoms with E-state index in [9.17, 15) is 14.7 Å². The second-order valence-electron chi connectivity index (χ2n) is 11.7. The Bertz CT molecular complexity index is 1270. The topological polar surface area (TPSA) is 95.0 Å². The number of likely N-dealkylation sites (tertiary alicyclic amines) is 1. The van der Waals surface area contributed by atoms with Crippen LogP contribution in [0.15, 0.2) is 30.5 Å². The van der Waals surface area contributed by atoms with E-state index in [1.807, 2.05) is 38.1 Å². The summed E-state index contributed by atoms with van der Waals surface area (Å²) in [5.41, 5.74) is 1.73. The first-order valence-corrected chi connectivity index (χ1v) is 14.1. The largest absolute Gasteiger partial charge is 0.491 e. The molecule has 0 radical (unpaired) electrons. The minimum atomic E-state index is -0.697. The molecule has 2 aromatic rings. The van der Waals surface area contributed by atoms with Gasteiger partial charge in [-0.25, -0.2) is 4.98 Å². The van der Waals surface area contributed by atoms with Crippen LogP contribution in [0.1, 0.15) is 57.1 Å². The summed E-state index contributed by atoms with van der Waals surface area (Å²) in [7, 11) is 0. The number of hydrogen-bond donors (Lipinski definition) is 2. The van der Waals surface area contributed by atoms with Crippen molar-refractivity contribution < 1.29 is 19.4 Å². The number of amides is 2. The van der Waals surface area contributed by atoms with E-state index < -0.39 is 11.0 Å². The maximum absolute atomic E-state index is 12.9. The predicted molar refractivity (Wildman–Crippen MR) is 146 cm³/mol. The van der Waals surface area contributed by atoms with Gasteiger partial charge in [0.1, 0.15) is 18.2 Å². The van der Waals surface area contributed by atoms with Crippen molar-refractivity contribution in [3.05, 3.63) is 46.6 Å². The number of halogens is 1. The van der Waals surface area contributed by atoms with Crippen molar-refractivity contribution in [1.29, 1.82) is 0 Å². The number of piperidine rings is 1. The number of pyridine rings is 1. The van der Waals surface area contributed by atoms with Gasteiger partial charge in [-0.3, -0.25) is 19.4 Å². The third-order valence-corrected chi connectivity index (χ3v) is 9.44. The van der Waals surface area contributed by atoms with Gasteiger partial charge < -0.3 is 15.2 Å². The number of carbonyl (C=O) groups excluding carboxylic acids is 2. The molecule has 1 aromatic heterocycles. The summed E-state index contributed by atoms with van der Waals surface area (Å²) in [6.07, 6.45) is 5.49. The van der Waals surface area contributed by atoms with Crippen molar-refractivity contribution >= 4 is 34.9 Å². The molecule has 1 saturated carbocycles. The molecule has 1 aliphatic carbocycles. The van der Waals surface area contributed by atoms with Crippen molar-refractivity contribution in [3.63, 3.8) is 0 Å². The summed E-state index contributed by atoms with van der Waals surface area (Å²) in [5, 5.41) is 14.4. The average Bonchev–Trinajstić information content (AvgIpc) is 3.13. The van der Waals surface area contributed by atoms with Crippen LogP contribution < -0.4 is 15.0 Å². The number of nitrogens with one attached hydrogen (secondary N) is 1. The van der Waals surface area contributed by atoms with Crippen LogP contribution in [0.2, 0.25) is 5.02 Å². The first kappa shape index (κ1) is 25.6. The smallest absolute Gasteiger partial charge is 0.235 e. The lowest BCUT2D eigenvalue weighted by Crippen LogP contribution is -2.60. The van der Waals surface area contributed by atoms with Crippen molar-refractivity contribution in [1.82, 2.24) is 9.88 Å². The van der Waals surface area contributed by atoms with E-state index in [4.69, 9.17) is 16.3 Å². The second kappa shape index (κ2) is 9.50. The number of aryl methyl sites for hydroxylation is 1. The molecule has 1 spiro atoms. The van der Waals surface area contributed by atoms with Crippen LogP contribution in [0.5, 0.6) is 5.75 Å². The Morgan fingerprint density at radius 1 is 1.18 bits per heavy atom. The minimum Gasteiger partial charge on any atom is -0.491 e. The zero-order chi connectivity index (χ0) is 26.7. The molecule has 202 valence electrons. The molecule has 9 heteroatoms. The number of hydrogen-bond acceptors (Lipinski definition) is 6. The molecule has 38 heavy (non-hydrogen) atoms. The molecular weight excluding hydrogens is 504 g/mol. The Morgan fingerprint density at radius 3 is 2.68 bits per heavy atom. The van der Waals surface area contributed by atoms with Crippen LogP contribution in [0.4, 0.5) is 11.5 Å². The molecule has 1 saturated heterocycles. The fourth-order valence-corrected chi connectivity index (χ4v) is 6.73. The van der Waals surface area contributed by atoms with Crippen LogP contribution in [0.25, 0.3) is 0 Å². The first-order valence-electron chi connectivity index (χ1n) is 13.7. The number of ether oxygens (including phenoxy) is 1. The monoisotopic (exact) mass is 538 g/mol. The number of fused-ring (bicyclic) bond motifs is 3. The van der Waals surface area contributed by atoms with E-state index in [1.54, 1.807) is 11.1 Å². The van der Waals surface area contributed by atoms with Gasteiger partial charge in [0.15, 0.2) is 0 Å². The average molecular weight is 539 g/mol. The van der Waals surface area contributed by atoms with Crippen LogP contribution in [0, 0.1) is 5.92 Å². The molecule has 0 unspecified atom stereocenters. The summed E-state index contributed by atoms with van der Waals surface area (Å²) in [5.74, 6) is 1.74. The molecule has 1 aromatic carbocycles. The normalized spacial score (nSPS) is 26.2. The molecule has 4 aliphatic rings. The molecule has 2 N–H and O–H groups in total. The number of nitrogens with zero attached hydrogens (tertiary/aromatic N) is 3. The molecular formula is C29H35ClN4O4. The molecule has 0 bridgehead atoms. The maximum Gasteiger partial charge on any atom is 0.235 e. The van der Waals surface area contributed by atoms with Gasteiger partial charge in [-0.15, -0.1) is 0 Å². The lowest BCUT2D eigenvalue weighted by atomic mass is 9.68. The van der Waals surface area contributed by atoms with Gasteiger partial charge >= 0.3 is 0 Å². The first-order chi connectivity index (χ1) is 18.2. The highest BCUT2D eigenvalue weighted by molar-refractivity contribution is 6.31. The highest BCUT2D eigenvalue weighted by Crippen LogP contribution is 2.46. The van der Waals surface area contributed by atoms with Crippen LogP contribution in [-0.2, 0) is 21.4 Å². The fraction of sp³-hybridized carbons (Fsp3) is 0.552. The lowest BCUT2D eigenvalue weighted by molar-refractivity contribution is -0.124. The molecule has 0 atom stereocenters. The SMILES string of the molecule is CC(C)[C@]1(O)C[C@H](N2C(=O)CCc3cc(OCCN4CCC5(CC4)C(=O)Nc4ccc(Cl)cc45)cnc32)C1. The molecule has 2 fully saturated rings. The fourth-order valence-electron chi connectivity index (χ4n) is 6.56. The van der Waals surface area contributed by atoms with E-state index in [1.165, 1.54) is 0 Å². The number of rotatable bonds is 6. The van der Waals surface area contributed by atoms with Crippen molar-refractivity contribution in [3.8, 4) is 5.75 Å². The van der Waals surface area contributed by atoms with E-state index in [2.05, 4.69) is 15.2 Å². The van der Waals surface area contributed by atoms with Gasteiger partial charge in [0.25, 0.3) is 0 Å². The molecule has 8 nitrogen and oxygen atoms in total. The number of aliphatic hydroxyl groups is 1. The van der Waals surface area contributed by atoms with E-state index in [0.717, 1.165) is 49.3 Å². The highest BCUT2D eigenvalue weighted by atomic mass is 35.5. The van der Waals surface area contributed by atoms with Gasteiger partial charge in [-0.2, -0.15) is 0 Å². The Morgan fingerprint density at radius 2 is 1.95 bits per heavy atom. The molecule has 6 rings (SSSR count). The Kier molecular flexibility index (Phi) is 6.40. The molecule has 3 aliphatic heterocycles. The van der Waals surface area contributed by atoms with E-state index in [-0.39, 0.29) is 23.8 Å². The van der Waals surface area contributed by atoms with Crippen LogP contribution in [0.3, 0.4) is 0 Å². The number of anilines is 2. The minimum absolute atomic E-state index is 0.000512. The summed E-state index contributed by atoms with van der Waals surface area (Å²) in [6, 6.07) is 7.64. The third kappa shape index (κ3) is 4.27. The van der Waals surface area contributed by atoms with Crippen LogP contribution >= 0.6 is 11.6 Å². The van der Waals surface area contributed by atoms with E-state index >= 15 is 0 Å². The Labute approximate surface area is 228 Å². The van der Waals surface area contributed by atoms with Gasteiger partial charge in [0.2, 0.25) is 11.8 Å². The standard InChI is InChI=1S/C29H35ClN4O4/c1-18(2)29(37)15-21(16-29)34-25(35)6-3-19-13-22(17-31-26(19)34)38-12-11-33-9-7-28(8-10-33)23-14-20(30)4-5-24(23)32-27(28)36/h4-5,13-14,17-18,21,37H,3,6-12,15-16H2,1-2H3,(H,32,36)/t21-,29-. The highest BCUT2D eigenvalue weighted by Gasteiger charge is 2.50. The van der Waals surface area contributed by atoms with Gasteiger partial charge in [-0.05, 0) is 86.5 Å². The maximum atomic E-state index is 12.9. The third-order valence-electron chi connectivity index (χ3n) is 9.21. The zero-order valence-corrected chi connectivity index (χ0v) is 22.8. The number of aromatic nitrogens is 1. The summed E-state index contributed by atoms with van der Waals surface area (Å²) >= 11 is 6.24. The molecule has 4 heterocycles. The summed E-state index contributed by atoms with van der Waals surface area (Å²) < 4.78 is 6.07. The van der Waals surface area contributed by atoms with E-state index in [0.29, 0.717) is 48.9 Å². The second-order valence-corrected chi connectivity index (χ2v) is 12.1.